The van der Waals surface area contributed by atoms with Gasteiger partial charge in [-0.2, -0.15) is 0 Å². The van der Waals surface area contributed by atoms with Crippen molar-refractivity contribution in [3.05, 3.63) is 77.4 Å². The van der Waals surface area contributed by atoms with E-state index < -0.39 is 0 Å². The van der Waals surface area contributed by atoms with Gasteiger partial charge in [0.05, 0.1) is 18.8 Å². The average Bonchev–Trinajstić information content (AvgIpc) is 2.68. The summed E-state index contributed by atoms with van der Waals surface area (Å²) >= 11 is 0. The first-order valence-electron chi connectivity index (χ1n) is 9.08. The zero-order chi connectivity index (χ0) is 18.2. The molecule has 0 N–H and O–H groups in total. The van der Waals surface area contributed by atoms with Crippen LogP contribution in [-0.2, 0) is 20.8 Å². The van der Waals surface area contributed by atoms with Gasteiger partial charge in [-0.25, -0.2) is 4.79 Å². The van der Waals surface area contributed by atoms with Gasteiger partial charge >= 0.3 is 5.97 Å². The molecule has 0 saturated carbocycles. The van der Waals surface area contributed by atoms with Crippen LogP contribution in [0.4, 0.5) is 0 Å². The third-order valence-electron chi connectivity index (χ3n) is 4.38. The Morgan fingerprint density at radius 2 is 1.85 bits per heavy atom. The molecule has 0 bridgehead atoms. The number of morpholine rings is 1. The monoisotopic (exact) mass is 351 g/mol. The fourth-order valence-electron chi connectivity index (χ4n) is 3.10. The van der Waals surface area contributed by atoms with Crippen LogP contribution in [0, 0.1) is 0 Å². The van der Waals surface area contributed by atoms with Gasteiger partial charge < -0.3 is 9.47 Å². The van der Waals surface area contributed by atoms with Gasteiger partial charge in [-0.1, -0.05) is 60.7 Å². The molecular formula is C22H25NO3. The third-order valence-corrected chi connectivity index (χ3v) is 4.38. The highest BCUT2D eigenvalue weighted by Gasteiger charge is 2.28. The number of benzene rings is 2. The Balaban J connectivity index is 1.77. The molecule has 136 valence electrons. The van der Waals surface area contributed by atoms with Crippen molar-refractivity contribution >= 4 is 12.0 Å². The molecule has 1 aliphatic heterocycles. The van der Waals surface area contributed by atoms with Crippen LogP contribution >= 0.6 is 0 Å². The fourth-order valence-corrected chi connectivity index (χ4v) is 3.10. The summed E-state index contributed by atoms with van der Waals surface area (Å²) < 4.78 is 11.2. The van der Waals surface area contributed by atoms with Crippen LogP contribution in [0.5, 0.6) is 0 Å². The Morgan fingerprint density at radius 3 is 2.54 bits per heavy atom. The molecule has 0 aromatic heterocycles. The van der Waals surface area contributed by atoms with Crippen LogP contribution < -0.4 is 0 Å². The lowest BCUT2D eigenvalue weighted by molar-refractivity contribution is -0.140. The van der Waals surface area contributed by atoms with Crippen molar-refractivity contribution in [3.8, 4) is 0 Å². The third kappa shape index (κ3) is 5.04. The predicted molar refractivity (Wildman–Crippen MR) is 103 cm³/mol. The molecule has 26 heavy (non-hydrogen) atoms. The number of rotatable bonds is 6. The Hall–Kier alpha value is -2.43. The summed E-state index contributed by atoms with van der Waals surface area (Å²) in [6.45, 7) is 5.15. The van der Waals surface area contributed by atoms with E-state index in [1.54, 1.807) is 0 Å². The molecule has 1 unspecified atom stereocenters. The molecule has 0 spiro atoms. The molecule has 4 heteroatoms. The summed E-state index contributed by atoms with van der Waals surface area (Å²) in [5.74, 6) is -0.303. The van der Waals surface area contributed by atoms with Gasteiger partial charge in [-0.3, -0.25) is 4.90 Å². The zero-order valence-corrected chi connectivity index (χ0v) is 15.1. The highest BCUT2D eigenvalue weighted by atomic mass is 16.5. The van der Waals surface area contributed by atoms with E-state index in [0.717, 1.165) is 18.7 Å². The number of carbonyl (C=O) groups excluding carboxylic acids is 1. The molecule has 1 fully saturated rings. The number of hydrogen-bond acceptors (Lipinski definition) is 4. The van der Waals surface area contributed by atoms with E-state index in [9.17, 15) is 4.79 Å². The van der Waals surface area contributed by atoms with Gasteiger partial charge in [0, 0.05) is 19.6 Å². The minimum atomic E-state index is -0.303. The molecule has 2 aromatic rings. The lowest BCUT2D eigenvalue weighted by Crippen LogP contribution is -2.44. The van der Waals surface area contributed by atoms with E-state index in [2.05, 4.69) is 17.0 Å². The van der Waals surface area contributed by atoms with Crippen LogP contribution in [0.1, 0.15) is 18.1 Å². The number of carbonyl (C=O) groups is 1. The Morgan fingerprint density at radius 1 is 1.15 bits per heavy atom. The van der Waals surface area contributed by atoms with Crippen molar-refractivity contribution in [2.45, 2.75) is 19.6 Å². The molecule has 0 radical (unpaired) electrons. The van der Waals surface area contributed by atoms with E-state index in [-0.39, 0.29) is 12.1 Å². The Labute approximate surface area is 155 Å². The topological polar surface area (TPSA) is 38.8 Å². The van der Waals surface area contributed by atoms with Crippen LogP contribution in [0.25, 0.3) is 6.08 Å². The minimum Gasteiger partial charge on any atom is -0.463 e. The van der Waals surface area contributed by atoms with Crippen molar-refractivity contribution in [3.63, 3.8) is 0 Å². The van der Waals surface area contributed by atoms with Crippen molar-refractivity contribution in [2.24, 2.45) is 0 Å². The first kappa shape index (κ1) is 18.4. The van der Waals surface area contributed by atoms with Crippen molar-refractivity contribution in [2.75, 3.05) is 26.3 Å². The fraction of sp³-hybridized carbons (Fsp3) is 0.318. The quantitative estimate of drug-likeness (QED) is 0.589. The Kier molecular flexibility index (Phi) is 6.58. The first-order chi connectivity index (χ1) is 12.8. The summed E-state index contributed by atoms with van der Waals surface area (Å²) in [5, 5.41) is 0. The van der Waals surface area contributed by atoms with Crippen LogP contribution in [0.2, 0.25) is 0 Å². The maximum atomic E-state index is 12.5. The van der Waals surface area contributed by atoms with E-state index in [1.165, 1.54) is 5.56 Å². The average molecular weight is 351 g/mol. The summed E-state index contributed by atoms with van der Waals surface area (Å²) in [7, 11) is 0. The maximum Gasteiger partial charge on any atom is 0.336 e. The lowest BCUT2D eigenvalue weighted by atomic mass is 10.0. The second-order valence-corrected chi connectivity index (χ2v) is 6.31. The summed E-state index contributed by atoms with van der Waals surface area (Å²) in [6.07, 6.45) is 1.60. The van der Waals surface area contributed by atoms with Crippen molar-refractivity contribution < 1.29 is 14.3 Å². The molecule has 1 aliphatic rings. The molecule has 4 nitrogen and oxygen atoms in total. The van der Waals surface area contributed by atoms with Crippen molar-refractivity contribution in [1.82, 2.24) is 4.90 Å². The minimum absolute atomic E-state index is 0.285. The summed E-state index contributed by atoms with van der Waals surface area (Å²) in [4.78, 5) is 14.8. The summed E-state index contributed by atoms with van der Waals surface area (Å²) in [5.41, 5.74) is 2.81. The molecule has 1 atom stereocenters. The maximum absolute atomic E-state index is 12.5. The van der Waals surface area contributed by atoms with Crippen LogP contribution in [0.3, 0.4) is 0 Å². The largest absolute Gasteiger partial charge is 0.463 e. The molecule has 0 amide bonds. The highest BCUT2D eigenvalue weighted by molar-refractivity contribution is 5.94. The number of hydrogen-bond donors (Lipinski definition) is 0. The van der Waals surface area contributed by atoms with E-state index in [1.807, 2.05) is 61.5 Å². The van der Waals surface area contributed by atoms with E-state index in [0.29, 0.717) is 25.3 Å². The molecule has 1 heterocycles. The van der Waals surface area contributed by atoms with Gasteiger partial charge in [-0.05, 0) is 24.1 Å². The van der Waals surface area contributed by atoms with E-state index in [4.69, 9.17) is 9.47 Å². The molecular weight excluding hydrogens is 326 g/mol. The van der Waals surface area contributed by atoms with Gasteiger partial charge in [0.25, 0.3) is 0 Å². The Bertz CT molecular complexity index is 728. The number of nitrogens with zero attached hydrogens (tertiary/aromatic N) is 1. The lowest BCUT2D eigenvalue weighted by Gasteiger charge is -2.33. The highest BCUT2D eigenvalue weighted by Crippen LogP contribution is 2.20. The molecule has 3 rings (SSSR count). The van der Waals surface area contributed by atoms with Crippen LogP contribution in [-0.4, -0.2) is 43.3 Å². The molecule has 2 aromatic carbocycles. The first-order valence-corrected chi connectivity index (χ1v) is 9.08. The van der Waals surface area contributed by atoms with Crippen LogP contribution in [0.15, 0.2) is 66.2 Å². The standard InChI is InChI=1S/C22H25NO3/c1-2-25-22(24)20(15-18-9-5-3-6-10-18)21-17-23(13-14-26-21)16-19-11-7-4-8-12-19/h3-12,15,21H,2,13-14,16-17H2,1H3/b20-15-. The van der Waals surface area contributed by atoms with Gasteiger partial charge in [0.2, 0.25) is 0 Å². The van der Waals surface area contributed by atoms with Gasteiger partial charge in [-0.15, -0.1) is 0 Å². The van der Waals surface area contributed by atoms with Gasteiger partial charge in [0.1, 0.15) is 6.10 Å². The molecule has 1 saturated heterocycles. The number of esters is 1. The second-order valence-electron chi connectivity index (χ2n) is 6.31. The molecule has 0 aliphatic carbocycles. The number of ether oxygens (including phenoxy) is 2. The zero-order valence-electron chi connectivity index (χ0n) is 15.1. The summed E-state index contributed by atoms with van der Waals surface area (Å²) in [6, 6.07) is 20.2. The predicted octanol–water partition coefficient (Wildman–Crippen LogP) is 3.53. The second kappa shape index (κ2) is 9.32. The van der Waals surface area contributed by atoms with Gasteiger partial charge in [0.15, 0.2) is 0 Å². The van der Waals surface area contributed by atoms with E-state index >= 15 is 0 Å². The SMILES string of the molecule is CCOC(=O)/C(=C\c1ccccc1)C1CN(Cc2ccccc2)CCO1. The van der Waals surface area contributed by atoms with Crippen molar-refractivity contribution in [1.29, 1.82) is 0 Å². The smallest absolute Gasteiger partial charge is 0.336 e. The normalized spacial score (nSPS) is 18.5.